The van der Waals surface area contributed by atoms with Crippen LogP contribution in [0.15, 0.2) is 18.2 Å². The molecule has 0 radical (unpaired) electrons. The van der Waals surface area contributed by atoms with Crippen molar-refractivity contribution in [2.24, 2.45) is 0 Å². The van der Waals surface area contributed by atoms with Crippen LogP contribution >= 0.6 is 0 Å². The minimum atomic E-state index is -0.219. The fraction of sp³-hybridized carbons (Fsp3) is 0.538. The predicted octanol–water partition coefficient (Wildman–Crippen LogP) is 1.83. The molecule has 1 aromatic carbocycles. The van der Waals surface area contributed by atoms with Crippen LogP contribution in [0.4, 0.5) is 0 Å². The molecule has 0 saturated carbocycles. The van der Waals surface area contributed by atoms with Gasteiger partial charge in [-0.3, -0.25) is 0 Å². The third-order valence-corrected chi connectivity index (χ3v) is 3.34. The van der Waals surface area contributed by atoms with Crippen molar-refractivity contribution < 1.29 is 14.6 Å². The van der Waals surface area contributed by atoms with E-state index in [1.54, 1.807) is 0 Å². The summed E-state index contributed by atoms with van der Waals surface area (Å²) in [6.45, 7) is 1.44. The van der Waals surface area contributed by atoms with Crippen molar-refractivity contribution in [1.29, 1.82) is 0 Å². The highest BCUT2D eigenvalue weighted by molar-refractivity contribution is 5.40. The molecule has 1 aromatic rings. The fourth-order valence-electron chi connectivity index (χ4n) is 2.42. The van der Waals surface area contributed by atoms with E-state index in [2.05, 4.69) is 6.07 Å². The Hall–Kier alpha value is -1.06. The standard InChI is InChI=1S/C13H16O3/c14-11-4-6-16-13(8-11)9-1-2-12-10(7-9)3-5-15-12/h1-2,7,11,13-14H,3-6,8H2. The smallest absolute Gasteiger partial charge is 0.122 e. The number of fused-ring (bicyclic) bond motifs is 1. The van der Waals surface area contributed by atoms with Crippen LogP contribution in [0.3, 0.4) is 0 Å². The largest absolute Gasteiger partial charge is 0.493 e. The van der Waals surface area contributed by atoms with Gasteiger partial charge in [0.05, 0.1) is 18.8 Å². The summed E-state index contributed by atoms with van der Waals surface area (Å²) in [6.07, 6.45) is 2.28. The molecule has 2 aliphatic heterocycles. The molecule has 16 heavy (non-hydrogen) atoms. The first-order valence-corrected chi connectivity index (χ1v) is 5.88. The molecule has 0 spiro atoms. The zero-order chi connectivity index (χ0) is 11.0. The van der Waals surface area contributed by atoms with Crippen LogP contribution in [-0.2, 0) is 11.2 Å². The molecule has 2 atom stereocenters. The second kappa shape index (κ2) is 4.07. The van der Waals surface area contributed by atoms with E-state index in [0.717, 1.165) is 25.2 Å². The molecule has 1 saturated heterocycles. The van der Waals surface area contributed by atoms with E-state index in [1.807, 2.05) is 12.1 Å². The van der Waals surface area contributed by atoms with Crippen molar-refractivity contribution in [2.45, 2.75) is 31.5 Å². The van der Waals surface area contributed by atoms with Crippen LogP contribution in [-0.4, -0.2) is 24.4 Å². The molecule has 0 aromatic heterocycles. The fourth-order valence-corrected chi connectivity index (χ4v) is 2.42. The number of benzene rings is 1. The Balaban J connectivity index is 1.83. The lowest BCUT2D eigenvalue weighted by atomic mass is 9.97. The lowest BCUT2D eigenvalue weighted by Gasteiger charge is -2.27. The first kappa shape index (κ1) is 10.1. The van der Waals surface area contributed by atoms with Crippen LogP contribution in [0.5, 0.6) is 5.75 Å². The average Bonchev–Trinajstić information content (AvgIpc) is 2.75. The zero-order valence-corrected chi connectivity index (χ0v) is 9.19. The first-order valence-electron chi connectivity index (χ1n) is 5.88. The summed E-state index contributed by atoms with van der Waals surface area (Å²) in [4.78, 5) is 0. The van der Waals surface area contributed by atoms with Gasteiger partial charge in [0.15, 0.2) is 0 Å². The molecule has 86 valence electrons. The van der Waals surface area contributed by atoms with Gasteiger partial charge in [-0.25, -0.2) is 0 Å². The molecular weight excluding hydrogens is 204 g/mol. The number of aliphatic hydroxyl groups excluding tert-OH is 1. The van der Waals surface area contributed by atoms with Crippen molar-refractivity contribution >= 4 is 0 Å². The van der Waals surface area contributed by atoms with Crippen LogP contribution in [0.2, 0.25) is 0 Å². The van der Waals surface area contributed by atoms with E-state index in [-0.39, 0.29) is 12.2 Å². The van der Waals surface area contributed by atoms with Crippen LogP contribution in [0, 0.1) is 0 Å². The lowest BCUT2D eigenvalue weighted by molar-refractivity contribution is -0.0448. The van der Waals surface area contributed by atoms with Gasteiger partial charge in [-0.05, 0) is 29.7 Å². The Morgan fingerprint density at radius 2 is 2.19 bits per heavy atom. The maximum Gasteiger partial charge on any atom is 0.122 e. The van der Waals surface area contributed by atoms with Crippen molar-refractivity contribution in [3.05, 3.63) is 29.3 Å². The SMILES string of the molecule is OC1CCOC(c2ccc3c(c2)CCO3)C1. The van der Waals surface area contributed by atoms with Crippen LogP contribution in [0.25, 0.3) is 0 Å². The summed E-state index contributed by atoms with van der Waals surface area (Å²) in [5.74, 6) is 1.00. The Morgan fingerprint density at radius 1 is 1.25 bits per heavy atom. The molecule has 2 unspecified atom stereocenters. The summed E-state index contributed by atoms with van der Waals surface area (Å²) in [5, 5.41) is 9.63. The summed E-state index contributed by atoms with van der Waals surface area (Å²) >= 11 is 0. The van der Waals surface area contributed by atoms with E-state index in [9.17, 15) is 5.11 Å². The molecular formula is C13H16O3. The Morgan fingerprint density at radius 3 is 3.06 bits per heavy atom. The molecule has 0 amide bonds. The first-order chi connectivity index (χ1) is 7.83. The van der Waals surface area contributed by atoms with Crippen molar-refractivity contribution in [2.75, 3.05) is 13.2 Å². The molecule has 3 rings (SSSR count). The van der Waals surface area contributed by atoms with Crippen molar-refractivity contribution in [3.8, 4) is 5.75 Å². The van der Waals surface area contributed by atoms with Crippen molar-refractivity contribution in [1.82, 2.24) is 0 Å². The normalized spacial score (nSPS) is 28.6. The predicted molar refractivity (Wildman–Crippen MR) is 59.6 cm³/mol. The number of ether oxygens (including phenoxy) is 2. The van der Waals surface area contributed by atoms with Gasteiger partial charge in [0.1, 0.15) is 5.75 Å². The van der Waals surface area contributed by atoms with E-state index in [0.29, 0.717) is 13.0 Å². The summed E-state index contributed by atoms with van der Waals surface area (Å²) in [5.41, 5.74) is 2.43. The second-order valence-corrected chi connectivity index (χ2v) is 4.50. The minimum absolute atomic E-state index is 0.0506. The van der Waals surface area contributed by atoms with Crippen LogP contribution < -0.4 is 4.74 Å². The van der Waals surface area contributed by atoms with E-state index >= 15 is 0 Å². The molecule has 0 bridgehead atoms. The Bertz CT molecular complexity index is 389. The van der Waals surface area contributed by atoms with Gasteiger partial charge in [0.2, 0.25) is 0 Å². The van der Waals surface area contributed by atoms with Gasteiger partial charge in [-0.15, -0.1) is 0 Å². The van der Waals surface area contributed by atoms with Crippen molar-refractivity contribution in [3.63, 3.8) is 0 Å². The molecule has 1 fully saturated rings. The van der Waals surface area contributed by atoms with E-state index < -0.39 is 0 Å². The second-order valence-electron chi connectivity index (χ2n) is 4.50. The van der Waals surface area contributed by atoms with Crippen LogP contribution in [0.1, 0.15) is 30.1 Å². The Kier molecular flexibility index (Phi) is 2.58. The molecule has 1 N–H and O–H groups in total. The highest BCUT2D eigenvalue weighted by atomic mass is 16.5. The maximum atomic E-state index is 9.63. The summed E-state index contributed by atoms with van der Waals surface area (Å²) < 4.78 is 11.2. The maximum absolute atomic E-state index is 9.63. The summed E-state index contributed by atoms with van der Waals surface area (Å²) in [7, 11) is 0. The van der Waals surface area contributed by atoms with Gasteiger partial charge in [0, 0.05) is 19.4 Å². The van der Waals surface area contributed by atoms with Gasteiger partial charge < -0.3 is 14.6 Å². The van der Waals surface area contributed by atoms with Gasteiger partial charge in [-0.1, -0.05) is 6.07 Å². The topological polar surface area (TPSA) is 38.7 Å². The zero-order valence-electron chi connectivity index (χ0n) is 9.19. The van der Waals surface area contributed by atoms with E-state index in [4.69, 9.17) is 9.47 Å². The number of hydrogen-bond donors (Lipinski definition) is 1. The van der Waals surface area contributed by atoms with E-state index in [1.165, 1.54) is 11.1 Å². The van der Waals surface area contributed by atoms with Gasteiger partial charge >= 0.3 is 0 Å². The van der Waals surface area contributed by atoms with Gasteiger partial charge in [0.25, 0.3) is 0 Å². The summed E-state index contributed by atoms with van der Waals surface area (Å²) in [6, 6.07) is 6.22. The molecule has 3 nitrogen and oxygen atoms in total. The molecule has 2 aliphatic rings. The monoisotopic (exact) mass is 220 g/mol. The molecule has 2 heterocycles. The number of hydrogen-bond acceptors (Lipinski definition) is 3. The Labute approximate surface area is 95.0 Å². The third kappa shape index (κ3) is 1.81. The average molecular weight is 220 g/mol. The number of rotatable bonds is 1. The third-order valence-electron chi connectivity index (χ3n) is 3.34. The minimum Gasteiger partial charge on any atom is -0.493 e. The highest BCUT2D eigenvalue weighted by Gasteiger charge is 2.23. The quantitative estimate of drug-likeness (QED) is 0.784. The highest BCUT2D eigenvalue weighted by Crippen LogP contribution is 2.33. The lowest BCUT2D eigenvalue weighted by Crippen LogP contribution is -2.23. The molecule has 3 heteroatoms. The van der Waals surface area contributed by atoms with Gasteiger partial charge in [-0.2, -0.15) is 0 Å². The molecule has 0 aliphatic carbocycles. The number of aliphatic hydroxyl groups is 1.